The smallest absolute Gasteiger partial charge is 0.0991 e. The SMILES string of the molecule is C=CCCCCCCC[C@H]1CC[C@H](c2ccc(C#N)cc2)CC1. The van der Waals surface area contributed by atoms with Gasteiger partial charge in [0.1, 0.15) is 0 Å². The molecule has 0 aliphatic heterocycles. The number of nitriles is 1. The minimum absolute atomic E-state index is 0.720. The van der Waals surface area contributed by atoms with E-state index in [9.17, 15) is 0 Å². The summed E-state index contributed by atoms with van der Waals surface area (Å²) < 4.78 is 0. The monoisotopic (exact) mass is 309 g/mol. The van der Waals surface area contributed by atoms with Gasteiger partial charge in [-0.1, -0.05) is 50.3 Å². The molecule has 0 bridgehead atoms. The van der Waals surface area contributed by atoms with Gasteiger partial charge in [-0.25, -0.2) is 0 Å². The lowest BCUT2D eigenvalue weighted by Gasteiger charge is -2.29. The zero-order valence-electron chi connectivity index (χ0n) is 14.5. The van der Waals surface area contributed by atoms with E-state index in [1.54, 1.807) is 0 Å². The molecule has 2 rings (SSSR count). The summed E-state index contributed by atoms with van der Waals surface area (Å²) in [6, 6.07) is 10.5. The molecule has 1 heteroatoms. The maximum atomic E-state index is 8.88. The van der Waals surface area contributed by atoms with Crippen molar-refractivity contribution in [2.24, 2.45) is 5.92 Å². The van der Waals surface area contributed by atoms with Crippen LogP contribution in [0, 0.1) is 17.2 Å². The number of allylic oxidation sites excluding steroid dienone is 1. The van der Waals surface area contributed by atoms with Gasteiger partial charge in [0.05, 0.1) is 11.6 Å². The largest absolute Gasteiger partial charge is 0.192 e. The zero-order chi connectivity index (χ0) is 16.3. The van der Waals surface area contributed by atoms with Gasteiger partial charge < -0.3 is 0 Å². The summed E-state index contributed by atoms with van der Waals surface area (Å²) in [4.78, 5) is 0. The Balaban J connectivity index is 1.60. The molecular weight excluding hydrogens is 278 g/mol. The second-order valence-electron chi connectivity index (χ2n) is 7.09. The van der Waals surface area contributed by atoms with Crippen molar-refractivity contribution in [3.8, 4) is 6.07 Å². The van der Waals surface area contributed by atoms with Gasteiger partial charge in [-0.3, -0.25) is 0 Å². The first-order chi connectivity index (χ1) is 11.3. The van der Waals surface area contributed by atoms with E-state index in [0.717, 1.165) is 17.4 Å². The molecule has 1 saturated carbocycles. The number of rotatable bonds is 9. The Hall–Kier alpha value is -1.55. The van der Waals surface area contributed by atoms with Crippen molar-refractivity contribution in [1.82, 2.24) is 0 Å². The Morgan fingerprint density at radius 2 is 1.61 bits per heavy atom. The van der Waals surface area contributed by atoms with Crippen LogP contribution in [0.15, 0.2) is 36.9 Å². The van der Waals surface area contributed by atoms with Crippen molar-refractivity contribution in [1.29, 1.82) is 5.26 Å². The van der Waals surface area contributed by atoms with Crippen LogP contribution in [-0.4, -0.2) is 0 Å². The third-order valence-corrected chi connectivity index (χ3v) is 5.38. The van der Waals surface area contributed by atoms with E-state index in [2.05, 4.69) is 24.8 Å². The van der Waals surface area contributed by atoms with E-state index in [1.165, 1.54) is 76.2 Å². The number of unbranched alkanes of at least 4 members (excludes halogenated alkanes) is 5. The average molecular weight is 309 g/mol. The summed E-state index contributed by atoms with van der Waals surface area (Å²) in [7, 11) is 0. The Bertz CT molecular complexity index is 486. The quantitative estimate of drug-likeness (QED) is 0.365. The number of hydrogen-bond donors (Lipinski definition) is 0. The van der Waals surface area contributed by atoms with Gasteiger partial charge >= 0.3 is 0 Å². The predicted molar refractivity (Wildman–Crippen MR) is 98.4 cm³/mol. The Morgan fingerprint density at radius 1 is 0.957 bits per heavy atom. The fourth-order valence-corrected chi connectivity index (χ4v) is 3.87. The topological polar surface area (TPSA) is 23.8 Å². The maximum absolute atomic E-state index is 8.88. The van der Waals surface area contributed by atoms with E-state index in [-0.39, 0.29) is 0 Å². The lowest BCUT2D eigenvalue weighted by molar-refractivity contribution is 0.302. The van der Waals surface area contributed by atoms with Gasteiger partial charge in [0.25, 0.3) is 0 Å². The van der Waals surface area contributed by atoms with Gasteiger partial charge in [0.2, 0.25) is 0 Å². The lowest BCUT2D eigenvalue weighted by atomic mass is 9.77. The number of nitrogens with zero attached hydrogens (tertiary/aromatic N) is 1. The highest BCUT2D eigenvalue weighted by atomic mass is 14.3. The summed E-state index contributed by atoms with van der Waals surface area (Å²) in [5, 5.41) is 8.88. The molecule has 0 N–H and O–H groups in total. The molecule has 1 aromatic carbocycles. The molecule has 124 valence electrons. The van der Waals surface area contributed by atoms with E-state index >= 15 is 0 Å². The van der Waals surface area contributed by atoms with Crippen LogP contribution in [0.3, 0.4) is 0 Å². The lowest BCUT2D eigenvalue weighted by Crippen LogP contribution is -2.13. The Labute approximate surface area is 142 Å². The summed E-state index contributed by atoms with van der Waals surface area (Å²) in [5.74, 6) is 1.68. The molecule has 1 nitrogen and oxygen atoms in total. The molecule has 0 amide bonds. The summed E-state index contributed by atoms with van der Waals surface area (Å²) in [5.41, 5.74) is 2.21. The first-order valence-electron chi connectivity index (χ1n) is 9.44. The normalized spacial score (nSPS) is 20.8. The van der Waals surface area contributed by atoms with Crippen molar-refractivity contribution < 1.29 is 0 Å². The molecule has 1 aromatic rings. The van der Waals surface area contributed by atoms with Crippen molar-refractivity contribution in [2.75, 3.05) is 0 Å². The van der Waals surface area contributed by atoms with Crippen LogP contribution in [0.25, 0.3) is 0 Å². The van der Waals surface area contributed by atoms with E-state index in [1.807, 2.05) is 18.2 Å². The van der Waals surface area contributed by atoms with Crippen LogP contribution >= 0.6 is 0 Å². The minimum atomic E-state index is 0.720. The fourth-order valence-electron chi connectivity index (χ4n) is 3.87. The standard InChI is InChI=1S/C22H31N/c1-2-3-4-5-6-7-8-9-19-10-14-21(15-11-19)22-16-12-20(18-23)13-17-22/h2,12-13,16-17,19,21H,1,3-11,14-15H2/t19-,21-. The van der Waals surface area contributed by atoms with Crippen LogP contribution in [0.5, 0.6) is 0 Å². The van der Waals surface area contributed by atoms with Gasteiger partial charge in [-0.15, -0.1) is 6.58 Å². The van der Waals surface area contributed by atoms with Crippen molar-refractivity contribution in [3.63, 3.8) is 0 Å². The third kappa shape index (κ3) is 6.22. The molecule has 0 spiro atoms. The fraction of sp³-hybridized carbons (Fsp3) is 0.591. The van der Waals surface area contributed by atoms with Gasteiger partial charge in [0.15, 0.2) is 0 Å². The molecule has 0 heterocycles. The molecular formula is C22H31N. The summed E-state index contributed by atoms with van der Waals surface area (Å²) in [6.45, 7) is 3.78. The molecule has 0 unspecified atom stereocenters. The van der Waals surface area contributed by atoms with E-state index in [0.29, 0.717) is 0 Å². The van der Waals surface area contributed by atoms with Crippen molar-refractivity contribution in [2.45, 2.75) is 76.5 Å². The van der Waals surface area contributed by atoms with Crippen LogP contribution < -0.4 is 0 Å². The molecule has 1 fully saturated rings. The Morgan fingerprint density at radius 3 is 2.26 bits per heavy atom. The first-order valence-corrected chi connectivity index (χ1v) is 9.44. The maximum Gasteiger partial charge on any atom is 0.0991 e. The molecule has 0 atom stereocenters. The average Bonchev–Trinajstić information content (AvgIpc) is 2.61. The summed E-state index contributed by atoms with van der Waals surface area (Å²) >= 11 is 0. The van der Waals surface area contributed by atoms with Crippen LogP contribution in [0.1, 0.15) is 87.7 Å². The molecule has 1 aliphatic rings. The van der Waals surface area contributed by atoms with Crippen LogP contribution in [-0.2, 0) is 0 Å². The van der Waals surface area contributed by atoms with Crippen molar-refractivity contribution in [3.05, 3.63) is 48.0 Å². The summed E-state index contributed by atoms with van der Waals surface area (Å²) in [6.07, 6.45) is 17.0. The van der Waals surface area contributed by atoms with Crippen molar-refractivity contribution >= 4 is 0 Å². The van der Waals surface area contributed by atoms with Crippen LogP contribution in [0.4, 0.5) is 0 Å². The highest BCUT2D eigenvalue weighted by Gasteiger charge is 2.21. The molecule has 0 aromatic heterocycles. The molecule has 23 heavy (non-hydrogen) atoms. The minimum Gasteiger partial charge on any atom is -0.192 e. The van der Waals surface area contributed by atoms with E-state index < -0.39 is 0 Å². The van der Waals surface area contributed by atoms with Gasteiger partial charge in [-0.2, -0.15) is 5.26 Å². The highest BCUT2D eigenvalue weighted by Crippen LogP contribution is 2.37. The number of benzene rings is 1. The molecule has 1 aliphatic carbocycles. The predicted octanol–water partition coefficient (Wildman–Crippen LogP) is 6.75. The van der Waals surface area contributed by atoms with Gasteiger partial charge in [-0.05, 0) is 68.1 Å². The van der Waals surface area contributed by atoms with E-state index in [4.69, 9.17) is 5.26 Å². The zero-order valence-corrected chi connectivity index (χ0v) is 14.5. The second kappa shape index (κ2) is 10.3. The van der Waals surface area contributed by atoms with Gasteiger partial charge in [0, 0.05) is 0 Å². The third-order valence-electron chi connectivity index (χ3n) is 5.38. The molecule has 0 saturated heterocycles. The molecule has 0 radical (unpaired) electrons. The second-order valence-corrected chi connectivity index (χ2v) is 7.09. The highest BCUT2D eigenvalue weighted by molar-refractivity contribution is 5.33. The Kier molecular flexibility index (Phi) is 7.95. The van der Waals surface area contributed by atoms with Crippen LogP contribution in [0.2, 0.25) is 0 Å². The number of hydrogen-bond acceptors (Lipinski definition) is 1. The first kappa shape index (κ1) is 17.8.